The molecule has 0 aliphatic carbocycles. The van der Waals surface area contributed by atoms with Gasteiger partial charge in [-0.3, -0.25) is 14.3 Å². The normalized spacial score (nSPS) is 23.6. The van der Waals surface area contributed by atoms with Crippen LogP contribution in [0, 0.1) is 0 Å². The molecule has 2 heterocycles. The lowest BCUT2D eigenvalue weighted by molar-refractivity contribution is -0.0237. The third-order valence-electron chi connectivity index (χ3n) is 4.49. The van der Waals surface area contributed by atoms with Crippen molar-refractivity contribution >= 4 is 17.7 Å². The summed E-state index contributed by atoms with van der Waals surface area (Å²) in [5.74, 6) is -0.0888. The molecule has 1 aliphatic rings. The number of methoxy groups -OCH3 is 2. The summed E-state index contributed by atoms with van der Waals surface area (Å²) < 4.78 is 17.0. The highest BCUT2D eigenvalue weighted by Gasteiger charge is 2.47. The highest BCUT2D eigenvalue weighted by atomic mass is 32.2. The first kappa shape index (κ1) is 21.0. The van der Waals surface area contributed by atoms with E-state index in [4.69, 9.17) is 14.2 Å². The Bertz CT molecular complexity index is 1000. The summed E-state index contributed by atoms with van der Waals surface area (Å²) in [6, 6.07) is 5.67. The fourth-order valence-electron chi connectivity index (χ4n) is 3.00. The minimum Gasteiger partial charge on any atom is -0.497 e. The lowest BCUT2D eigenvalue weighted by Gasteiger charge is -2.23. The summed E-state index contributed by atoms with van der Waals surface area (Å²) in [6.45, 7) is -0.389. The maximum atomic E-state index is 12.8. The Morgan fingerprint density at radius 3 is 2.62 bits per heavy atom. The molecule has 1 aliphatic heterocycles. The molecule has 4 atom stereocenters. The molecule has 29 heavy (non-hydrogen) atoms. The number of hydrogen-bond acceptors (Lipinski definition) is 9. The van der Waals surface area contributed by atoms with Crippen LogP contribution in [0.5, 0.6) is 11.5 Å². The third kappa shape index (κ3) is 4.16. The topological polar surface area (TPSA) is 140 Å². The number of ether oxygens (including phenoxy) is 3. The average molecular weight is 424 g/mol. The van der Waals surface area contributed by atoms with Gasteiger partial charge >= 0.3 is 11.7 Å². The molecule has 1 saturated heterocycles. The first-order chi connectivity index (χ1) is 13.9. The maximum absolute atomic E-state index is 12.8. The van der Waals surface area contributed by atoms with Gasteiger partial charge in [-0.25, -0.2) is 9.59 Å². The average Bonchev–Trinajstić information content (AvgIpc) is 3.02. The number of thioether (sulfide) groups is 1. The number of aliphatic hydroxyl groups is 2. The summed E-state index contributed by atoms with van der Waals surface area (Å²) in [5.41, 5.74) is -1.20. The van der Waals surface area contributed by atoms with Gasteiger partial charge in [0.15, 0.2) is 6.10 Å². The first-order valence-corrected chi connectivity index (χ1v) is 9.52. The molecule has 0 bridgehead atoms. The van der Waals surface area contributed by atoms with E-state index in [2.05, 4.69) is 4.98 Å². The summed E-state index contributed by atoms with van der Waals surface area (Å²) >= 11 is 1.07. The molecule has 1 fully saturated rings. The number of rotatable bonds is 6. The third-order valence-corrected chi connectivity index (χ3v) is 6.04. The Balaban J connectivity index is 1.93. The largest absolute Gasteiger partial charge is 0.497 e. The molecule has 0 spiro atoms. The Hall–Kier alpha value is -2.76. The molecular formula is C18H20N2O8S. The Kier molecular flexibility index (Phi) is 6.30. The lowest BCUT2D eigenvalue weighted by Crippen LogP contribution is -2.40. The van der Waals surface area contributed by atoms with E-state index in [0.29, 0.717) is 5.75 Å². The second-order valence-electron chi connectivity index (χ2n) is 6.19. The van der Waals surface area contributed by atoms with Crippen LogP contribution in [-0.2, 0) is 4.74 Å². The van der Waals surface area contributed by atoms with Crippen molar-refractivity contribution in [3.05, 3.63) is 56.9 Å². The number of aromatic nitrogens is 2. The molecule has 156 valence electrons. The lowest BCUT2D eigenvalue weighted by atomic mass is 10.1. The SMILES string of the molecule is COc1ccc(C(=O)O[C@@H]2[C@H](O)[C@H](CO)S[C@@H]2n2ccc(=O)[nH]c2=O)c(OC)c1. The van der Waals surface area contributed by atoms with Gasteiger partial charge in [0.25, 0.3) is 5.56 Å². The number of nitrogens with one attached hydrogen (secondary N) is 1. The van der Waals surface area contributed by atoms with Crippen LogP contribution in [0.3, 0.4) is 0 Å². The van der Waals surface area contributed by atoms with Crippen LogP contribution in [0.15, 0.2) is 40.1 Å². The second kappa shape index (κ2) is 8.72. The van der Waals surface area contributed by atoms with E-state index in [0.717, 1.165) is 22.4 Å². The van der Waals surface area contributed by atoms with Crippen molar-refractivity contribution < 1.29 is 29.2 Å². The van der Waals surface area contributed by atoms with E-state index in [-0.39, 0.29) is 17.9 Å². The van der Waals surface area contributed by atoms with Crippen LogP contribution in [-0.4, -0.2) is 64.0 Å². The van der Waals surface area contributed by atoms with Gasteiger partial charge in [-0.2, -0.15) is 0 Å². The minimum absolute atomic E-state index is 0.102. The molecular weight excluding hydrogens is 404 g/mol. The van der Waals surface area contributed by atoms with Crippen molar-refractivity contribution in [3.63, 3.8) is 0 Å². The van der Waals surface area contributed by atoms with Crippen LogP contribution in [0.2, 0.25) is 0 Å². The van der Waals surface area contributed by atoms with E-state index in [1.807, 2.05) is 0 Å². The van der Waals surface area contributed by atoms with E-state index in [9.17, 15) is 24.6 Å². The van der Waals surface area contributed by atoms with Crippen molar-refractivity contribution in [1.82, 2.24) is 9.55 Å². The highest BCUT2D eigenvalue weighted by Crippen LogP contribution is 2.43. The quantitative estimate of drug-likeness (QED) is 0.535. The summed E-state index contributed by atoms with van der Waals surface area (Å²) in [6.07, 6.45) is -1.14. The molecule has 0 unspecified atom stereocenters. The van der Waals surface area contributed by atoms with Crippen LogP contribution >= 0.6 is 11.8 Å². The Morgan fingerprint density at radius 2 is 2.00 bits per heavy atom. The van der Waals surface area contributed by atoms with Gasteiger partial charge < -0.3 is 24.4 Å². The van der Waals surface area contributed by atoms with Crippen molar-refractivity contribution in [2.75, 3.05) is 20.8 Å². The minimum atomic E-state index is -1.23. The molecule has 1 aromatic carbocycles. The predicted molar refractivity (Wildman–Crippen MR) is 104 cm³/mol. The van der Waals surface area contributed by atoms with E-state index in [1.54, 1.807) is 6.07 Å². The van der Waals surface area contributed by atoms with Gasteiger partial charge in [-0.05, 0) is 12.1 Å². The van der Waals surface area contributed by atoms with E-state index in [1.165, 1.54) is 32.5 Å². The molecule has 0 saturated carbocycles. The fraction of sp³-hybridized carbons (Fsp3) is 0.389. The van der Waals surface area contributed by atoms with Crippen molar-refractivity contribution in [3.8, 4) is 11.5 Å². The monoisotopic (exact) mass is 424 g/mol. The second-order valence-corrected chi connectivity index (χ2v) is 7.55. The van der Waals surface area contributed by atoms with Gasteiger partial charge in [0.2, 0.25) is 0 Å². The zero-order chi connectivity index (χ0) is 21.1. The Morgan fingerprint density at radius 1 is 1.24 bits per heavy atom. The number of H-pyrrole nitrogens is 1. The van der Waals surface area contributed by atoms with Crippen molar-refractivity contribution in [2.24, 2.45) is 0 Å². The van der Waals surface area contributed by atoms with Gasteiger partial charge in [0, 0.05) is 18.3 Å². The number of carbonyl (C=O) groups is 1. The van der Waals surface area contributed by atoms with Crippen molar-refractivity contribution in [1.29, 1.82) is 0 Å². The number of esters is 1. The van der Waals surface area contributed by atoms with Gasteiger partial charge in [0.1, 0.15) is 28.5 Å². The van der Waals surface area contributed by atoms with Gasteiger partial charge in [0.05, 0.1) is 26.1 Å². The van der Waals surface area contributed by atoms with Gasteiger partial charge in [-0.15, -0.1) is 11.8 Å². The van der Waals surface area contributed by atoms with Crippen LogP contribution in [0.1, 0.15) is 15.7 Å². The maximum Gasteiger partial charge on any atom is 0.342 e. The number of carbonyl (C=O) groups excluding carboxylic acids is 1. The van der Waals surface area contributed by atoms with Gasteiger partial charge in [-0.1, -0.05) is 0 Å². The number of aromatic amines is 1. The summed E-state index contributed by atoms with van der Waals surface area (Å²) in [5, 5.41) is 18.5. The molecule has 0 radical (unpaired) electrons. The first-order valence-electron chi connectivity index (χ1n) is 8.58. The number of aliphatic hydroxyl groups excluding tert-OH is 2. The molecule has 1 aromatic heterocycles. The molecule has 2 aromatic rings. The zero-order valence-corrected chi connectivity index (χ0v) is 16.4. The van der Waals surface area contributed by atoms with E-state index >= 15 is 0 Å². The molecule has 3 N–H and O–H groups in total. The number of benzene rings is 1. The molecule has 3 rings (SSSR count). The smallest absolute Gasteiger partial charge is 0.342 e. The standard InChI is InChI=1S/C18H20N2O8S/c1-26-9-3-4-10(11(7-9)27-2)17(24)28-15-14(23)12(8-21)29-16(15)20-6-5-13(22)19-18(20)25/h3-7,12,14-16,21,23H,8H2,1-2H3,(H,19,22,25)/t12-,14+,15+,16-/m0/s1. The van der Waals surface area contributed by atoms with Crippen LogP contribution in [0.4, 0.5) is 0 Å². The van der Waals surface area contributed by atoms with Crippen LogP contribution in [0.25, 0.3) is 0 Å². The van der Waals surface area contributed by atoms with Crippen molar-refractivity contribution in [2.45, 2.75) is 22.8 Å². The number of nitrogens with zero attached hydrogens (tertiary/aromatic N) is 1. The highest BCUT2D eigenvalue weighted by molar-refractivity contribution is 8.00. The fourth-order valence-corrected chi connectivity index (χ4v) is 4.43. The number of hydrogen-bond donors (Lipinski definition) is 3. The summed E-state index contributed by atoms with van der Waals surface area (Å²) in [4.78, 5) is 38.4. The van der Waals surface area contributed by atoms with Crippen LogP contribution < -0.4 is 20.7 Å². The summed E-state index contributed by atoms with van der Waals surface area (Å²) in [7, 11) is 2.86. The predicted octanol–water partition coefficient (Wildman–Crippen LogP) is -0.253. The molecule has 11 heteroatoms. The molecule has 10 nitrogen and oxygen atoms in total. The zero-order valence-electron chi connectivity index (χ0n) is 15.6. The van der Waals surface area contributed by atoms with E-state index < -0.39 is 40.1 Å². The Labute approximate surface area is 169 Å². The molecule has 0 amide bonds.